The van der Waals surface area contributed by atoms with Gasteiger partial charge in [0, 0.05) is 42.4 Å². The van der Waals surface area contributed by atoms with Crippen LogP contribution in [0.2, 0.25) is 0 Å². The van der Waals surface area contributed by atoms with Gasteiger partial charge in [0.25, 0.3) is 5.91 Å². The van der Waals surface area contributed by atoms with Crippen molar-refractivity contribution < 1.29 is 14.6 Å². The SMILES string of the molecule is CCO[C@H]1C[C@H](O)C12CCN(C(=O)c1cc3ccc(C)cc3[nH]1)CC2. The highest BCUT2D eigenvalue weighted by Gasteiger charge is 2.56. The highest BCUT2D eigenvalue weighted by molar-refractivity contribution is 5.98. The second-order valence-corrected chi connectivity index (χ2v) is 7.49. The van der Waals surface area contributed by atoms with E-state index in [0.717, 1.165) is 30.2 Å². The number of benzene rings is 1. The number of rotatable bonds is 3. The van der Waals surface area contributed by atoms with Crippen molar-refractivity contribution in [3.05, 3.63) is 35.5 Å². The Hall–Kier alpha value is -1.85. The summed E-state index contributed by atoms with van der Waals surface area (Å²) in [5.74, 6) is 0.0467. The Morgan fingerprint density at radius 1 is 1.36 bits per heavy atom. The van der Waals surface area contributed by atoms with Gasteiger partial charge in [0.1, 0.15) is 5.69 Å². The van der Waals surface area contributed by atoms with E-state index in [0.29, 0.717) is 25.4 Å². The van der Waals surface area contributed by atoms with E-state index >= 15 is 0 Å². The van der Waals surface area contributed by atoms with E-state index in [9.17, 15) is 9.90 Å². The first-order valence-corrected chi connectivity index (χ1v) is 9.22. The number of nitrogens with zero attached hydrogens (tertiary/aromatic N) is 1. The van der Waals surface area contributed by atoms with Gasteiger partial charge in [-0.2, -0.15) is 0 Å². The number of aromatic amines is 1. The van der Waals surface area contributed by atoms with E-state index in [1.165, 1.54) is 5.56 Å². The number of hydrogen-bond acceptors (Lipinski definition) is 3. The lowest BCUT2D eigenvalue weighted by atomic mass is 9.58. The topological polar surface area (TPSA) is 65.6 Å². The molecule has 1 aromatic carbocycles. The van der Waals surface area contributed by atoms with Gasteiger partial charge in [-0.15, -0.1) is 0 Å². The Morgan fingerprint density at radius 2 is 2.12 bits per heavy atom. The number of aliphatic hydroxyl groups is 1. The third-order valence-electron chi connectivity index (χ3n) is 6.10. The molecule has 134 valence electrons. The average molecular weight is 342 g/mol. The number of aliphatic hydroxyl groups excluding tert-OH is 1. The van der Waals surface area contributed by atoms with Crippen LogP contribution in [-0.2, 0) is 4.74 Å². The van der Waals surface area contributed by atoms with E-state index in [1.807, 2.05) is 30.9 Å². The number of fused-ring (bicyclic) bond motifs is 1. The van der Waals surface area contributed by atoms with Crippen LogP contribution in [0.4, 0.5) is 0 Å². The van der Waals surface area contributed by atoms with Crippen molar-refractivity contribution in [3.63, 3.8) is 0 Å². The van der Waals surface area contributed by atoms with Gasteiger partial charge in [-0.3, -0.25) is 4.79 Å². The number of piperidine rings is 1. The van der Waals surface area contributed by atoms with Gasteiger partial charge in [-0.1, -0.05) is 12.1 Å². The monoisotopic (exact) mass is 342 g/mol. The van der Waals surface area contributed by atoms with Gasteiger partial charge >= 0.3 is 0 Å². The summed E-state index contributed by atoms with van der Waals surface area (Å²) in [6.45, 7) is 6.07. The fourth-order valence-electron chi connectivity index (χ4n) is 4.47. The number of aryl methyl sites for hydroxylation is 1. The number of hydrogen-bond donors (Lipinski definition) is 2. The number of nitrogens with one attached hydrogen (secondary N) is 1. The minimum absolute atomic E-state index is 0.0467. The van der Waals surface area contributed by atoms with Gasteiger partial charge in [0.15, 0.2) is 0 Å². The van der Waals surface area contributed by atoms with E-state index in [-0.39, 0.29) is 23.5 Å². The second kappa shape index (κ2) is 6.15. The number of aromatic nitrogens is 1. The molecular formula is C20H26N2O3. The third-order valence-corrected chi connectivity index (χ3v) is 6.10. The number of H-pyrrole nitrogens is 1. The van der Waals surface area contributed by atoms with Crippen molar-refractivity contribution in [1.29, 1.82) is 0 Å². The molecule has 0 bridgehead atoms. The summed E-state index contributed by atoms with van der Waals surface area (Å²) >= 11 is 0. The maximum Gasteiger partial charge on any atom is 0.270 e. The van der Waals surface area contributed by atoms with E-state index < -0.39 is 0 Å². The van der Waals surface area contributed by atoms with Crippen LogP contribution in [-0.4, -0.2) is 52.8 Å². The molecule has 1 saturated carbocycles. The highest BCUT2D eigenvalue weighted by atomic mass is 16.5. The smallest absolute Gasteiger partial charge is 0.270 e. The number of amides is 1. The third kappa shape index (κ3) is 2.66. The molecule has 2 N–H and O–H groups in total. The van der Waals surface area contributed by atoms with Crippen molar-refractivity contribution in [2.24, 2.45) is 5.41 Å². The molecule has 0 unspecified atom stereocenters. The molecule has 1 aliphatic heterocycles. The van der Waals surface area contributed by atoms with Gasteiger partial charge < -0.3 is 19.7 Å². The summed E-state index contributed by atoms with van der Waals surface area (Å²) in [5.41, 5.74) is 2.67. The quantitative estimate of drug-likeness (QED) is 0.901. The Labute approximate surface area is 148 Å². The predicted molar refractivity (Wildman–Crippen MR) is 96.6 cm³/mol. The van der Waals surface area contributed by atoms with Gasteiger partial charge in [0.2, 0.25) is 0 Å². The molecule has 1 aromatic heterocycles. The molecule has 2 fully saturated rings. The van der Waals surface area contributed by atoms with Crippen LogP contribution in [0.25, 0.3) is 10.9 Å². The Balaban J connectivity index is 1.47. The minimum atomic E-state index is -0.294. The van der Waals surface area contributed by atoms with E-state index in [2.05, 4.69) is 17.1 Å². The number of carbonyl (C=O) groups is 1. The molecule has 0 radical (unpaired) electrons. The molecule has 25 heavy (non-hydrogen) atoms. The molecular weight excluding hydrogens is 316 g/mol. The van der Waals surface area contributed by atoms with Gasteiger partial charge in [0.05, 0.1) is 12.2 Å². The van der Waals surface area contributed by atoms with Crippen LogP contribution in [0.5, 0.6) is 0 Å². The maximum absolute atomic E-state index is 12.9. The molecule has 2 aliphatic rings. The van der Waals surface area contributed by atoms with Crippen LogP contribution < -0.4 is 0 Å². The Kier molecular flexibility index (Phi) is 4.08. The van der Waals surface area contributed by atoms with Crippen LogP contribution in [0, 0.1) is 12.3 Å². The Morgan fingerprint density at radius 3 is 2.80 bits per heavy atom. The van der Waals surface area contributed by atoms with Gasteiger partial charge in [-0.25, -0.2) is 0 Å². The van der Waals surface area contributed by atoms with Crippen molar-refractivity contribution in [1.82, 2.24) is 9.88 Å². The standard InChI is InChI=1S/C20H26N2O3/c1-3-25-18-12-17(23)20(18)6-8-22(9-7-20)19(24)16-11-14-5-4-13(2)10-15(14)21-16/h4-5,10-11,17-18,21,23H,3,6-9,12H2,1-2H3/t17-,18-/m0/s1. The predicted octanol–water partition coefficient (Wildman–Crippen LogP) is 2.87. The average Bonchev–Trinajstić information content (AvgIpc) is 3.04. The number of ether oxygens (including phenoxy) is 1. The van der Waals surface area contributed by atoms with Crippen LogP contribution in [0.3, 0.4) is 0 Å². The summed E-state index contributed by atoms with van der Waals surface area (Å²) in [5, 5.41) is 11.4. The molecule has 2 aromatic rings. The number of carbonyl (C=O) groups excluding carboxylic acids is 1. The van der Waals surface area contributed by atoms with Crippen LogP contribution in [0.15, 0.2) is 24.3 Å². The summed E-state index contributed by atoms with van der Waals surface area (Å²) in [6.07, 6.45) is 2.19. The normalized spacial score (nSPS) is 25.3. The molecule has 5 heteroatoms. The lowest BCUT2D eigenvalue weighted by Gasteiger charge is -2.56. The molecule has 2 heterocycles. The van der Waals surface area contributed by atoms with Crippen molar-refractivity contribution >= 4 is 16.8 Å². The number of likely N-dealkylation sites (tertiary alicyclic amines) is 1. The first-order chi connectivity index (χ1) is 12.0. The fraction of sp³-hybridized carbons (Fsp3) is 0.550. The maximum atomic E-state index is 12.9. The van der Waals surface area contributed by atoms with Gasteiger partial charge in [-0.05, 0) is 44.4 Å². The zero-order valence-electron chi connectivity index (χ0n) is 14.9. The zero-order valence-corrected chi connectivity index (χ0v) is 14.9. The van der Waals surface area contributed by atoms with Crippen molar-refractivity contribution in [2.45, 2.75) is 45.3 Å². The summed E-state index contributed by atoms with van der Waals surface area (Å²) in [7, 11) is 0. The fourth-order valence-corrected chi connectivity index (χ4v) is 4.47. The molecule has 2 atom stereocenters. The zero-order chi connectivity index (χ0) is 17.6. The first-order valence-electron chi connectivity index (χ1n) is 9.22. The highest BCUT2D eigenvalue weighted by Crippen LogP contribution is 2.51. The lowest BCUT2D eigenvalue weighted by Crippen LogP contribution is -2.62. The first kappa shape index (κ1) is 16.6. The minimum Gasteiger partial charge on any atom is -0.392 e. The van der Waals surface area contributed by atoms with E-state index in [1.54, 1.807) is 0 Å². The van der Waals surface area contributed by atoms with Crippen molar-refractivity contribution in [2.75, 3.05) is 19.7 Å². The molecule has 1 spiro atoms. The largest absolute Gasteiger partial charge is 0.392 e. The summed E-state index contributed by atoms with van der Waals surface area (Å²) < 4.78 is 5.80. The Bertz CT molecular complexity index is 787. The second-order valence-electron chi connectivity index (χ2n) is 7.49. The molecule has 1 amide bonds. The molecule has 5 nitrogen and oxygen atoms in total. The van der Waals surface area contributed by atoms with Crippen molar-refractivity contribution in [3.8, 4) is 0 Å². The van der Waals surface area contributed by atoms with E-state index in [4.69, 9.17) is 4.74 Å². The van der Waals surface area contributed by atoms with Crippen LogP contribution in [0.1, 0.15) is 42.2 Å². The molecule has 4 rings (SSSR count). The molecule has 1 aliphatic carbocycles. The van der Waals surface area contributed by atoms with Crippen LogP contribution >= 0.6 is 0 Å². The summed E-state index contributed by atoms with van der Waals surface area (Å²) in [6, 6.07) is 8.10. The molecule has 1 saturated heterocycles. The summed E-state index contributed by atoms with van der Waals surface area (Å²) in [4.78, 5) is 18.0. The lowest BCUT2D eigenvalue weighted by molar-refractivity contribution is -0.207.